The topological polar surface area (TPSA) is 52.6 Å². The smallest absolute Gasteiger partial charge is 0.380 e. The summed E-state index contributed by atoms with van der Waals surface area (Å²) in [7, 11) is 0. The molecule has 0 spiro atoms. The van der Waals surface area contributed by atoms with Crippen LogP contribution in [0.25, 0.3) is 0 Å². The van der Waals surface area contributed by atoms with E-state index in [2.05, 4.69) is 5.32 Å². The Morgan fingerprint density at radius 2 is 1.96 bits per heavy atom. The molecule has 1 heterocycles. The molecule has 4 nitrogen and oxygen atoms in total. The number of piperidine rings is 1. The van der Waals surface area contributed by atoms with Crippen LogP contribution in [0.5, 0.6) is 0 Å². The van der Waals surface area contributed by atoms with Crippen molar-refractivity contribution in [3.8, 4) is 0 Å². The first-order chi connectivity index (χ1) is 10.7. The van der Waals surface area contributed by atoms with Crippen LogP contribution in [0.1, 0.15) is 18.4 Å². The summed E-state index contributed by atoms with van der Waals surface area (Å²) in [6.07, 6.45) is -5.33. The fraction of sp³-hybridized carbons (Fsp3) is 0.533. The minimum absolute atomic E-state index is 0.165. The van der Waals surface area contributed by atoms with Crippen LogP contribution in [0.2, 0.25) is 0 Å². The van der Waals surface area contributed by atoms with Crippen LogP contribution >= 0.6 is 0 Å². The number of amides is 2. The van der Waals surface area contributed by atoms with Gasteiger partial charge >= 0.3 is 12.2 Å². The summed E-state index contributed by atoms with van der Waals surface area (Å²) in [6.45, 7) is -0.0774. The lowest BCUT2D eigenvalue weighted by Crippen LogP contribution is -2.55. The third-order valence-corrected chi connectivity index (χ3v) is 3.98. The first kappa shape index (κ1) is 17.5. The predicted octanol–water partition coefficient (Wildman–Crippen LogP) is 2.47. The van der Waals surface area contributed by atoms with Gasteiger partial charge in [0.05, 0.1) is 0 Å². The number of urea groups is 1. The average molecular weight is 334 g/mol. The Morgan fingerprint density at radius 1 is 1.30 bits per heavy atom. The van der Waals surface area contributed by atoms with Crippen molar-refractivity contribution in [2.75, 3.05) is 19.6 Å². The number of nitrogens with one attached hydrogen (secondary N) is 1. The zero-order valence-corrected chi connectivity index (χ0v) is 12.4. The molecule has 2 rings (SSSR count). The van der Waals surface area contributed by atoms with Crippen LogP contribution in [0.3, 0.4) is 0 Å². The van der Waals surface area contributed by atoms with E-state index in [1.807, 2.05) is 0 Å². The van der Waals surface area contributed by atoms with Crippen molar-refractivity contribution in [3.63, 3.8) is 0 Å². The van der Waals surface area contributed by atoms with Crippen molar-refractivity contribution in [1.29, 1.82) is 0 Å². The number of aliphatic hydroxyl groups is 1. The maximum Gasteiger partial charge on any atom is 0.417 e. The number of carbonyl (C=O) groups is 1. The summed E-state index contributed by atoms with van der Waals surface area (Å²) in [5, 5.41) is 12.1. The number of carbonyl (C=O) groups excluding carboxylic acids is 1. The van der Waals surface area contributed by atoms with E-state index in [-0.39, 0.29) is 25.5 Å². The zero-order chi connectivity index (χ0) is 17.1. The quantitative estimate of drug-likeness (QED) is 0.835. The predicted molar refractivity (Wildman–Crippen MR) is 75.3 cm³/mol. The largest absolute Gasteiger partial charge is 0.417 e. The molecule has 2 amide bonds. The van der Waals surface area contributed by atoms with Gasteiger partial charge in [0.25, 0.3) is 0 Å². The SMILES string of the molecule is O=C(NCCc1cccc(F)c1)N1CCC(O)(C(F)(F)F)CC1. The monoisotopic (exact) mass is 334 g/mol. The molecule has 0 aliphatic carbocycles. The number of hydrogen-bond acceptors (Lipinski definition) is 2. The van der Waals surface area contributed by atoms with Crippen LogP contribution in [0.15, 0.2) is 24.3 Å². The highest BCUT2D eigenvalue weighted by Gasteiger charge is 2.54. The standard InChI is InChI=1S/C15H18F4N2O2/c16-12-3-1-2-11(10-12)4-7-20-13(22)21-8-5-14(23,6-9-21)15(17,18)19/h1-3,10,23H,4-9H2,(H,20,22). The molecule has 1 fully saturated rings. The minimum atomic E-state index is -4.69. The molecular weight excluding hydrogens is 316 g/mol. The fourth-order valence-electron chi connectivity index (χ4n) is 2.48. The van der Waals surface area contributed by atoms with Crippen molar-refractivity contribution >= 4 is 6.03 Å². The molecule has 0 atom stereocenters. The molecule has 0 unspecified atom stereocenters. The fourth-order valence-corrected chi connectivity index (χ4v) is 2.48. The normalized spacial score (nSPS) is 17.9. The van der Waals surface area contributed by atoms with Crippen LogP contribution < -0.4 is 5.32 Å². The van der Waals surface area contributed by atoms with E-state index in [1.165, 1.54) is 17.0 Å². The molecule has 128 valence electrons. The van der Waals surface area contributed by atoms with Crippen LogP contribution in [0, 0.1) is 5.82 Å². The summed E-state index contributed by atoms with van der Waals surface area (Å²) in [6, 6.07) is 5.48. The molecule has 1 aliphatic rings. The van der Waals surface area contributed by atoms with Gasteiger partial charge in [-0.3, -0.25) is 0 Å². The van der Waals surface area contributed by atoms with Crippen LogP contribution in [0.4, 0.5) is 22.4 Å². The van der Waals surface area contributed by atoms with Gasteiger partial charge in [0.2, 0.25) is 0 Å². The summed E-state index contributed by atoms with van der Waals surface area (Å²) in [5.41, 5.74) is -2.00. The van der Waals surface area contributed by atoms with Gasteiger partial charge in [-0.05, 0) is 24.1 Å². The van der Waals surface area contributed by atoms with Gasteiger partial charge < -0.3 is 15.3 Å². The first-order valence-corrected chi connectivity index (χ1v) is 7.28. The number of rotatable bonds is 3. The zero-order valence-electron chi connectivity index (χ0n) is 12.4. The Bertz CT molecular complexity index is 555. The molecule has 8 heteroatoms. The summed E-state index contributed by atoms with van der Waals surface area (Å²) >= 11 is 0. The third kappa shape index (κ3) is 4.34. The Balaban J connectivity index is 1.77. The van der Waals surface area contributed by atoms with Crippen molar-refractivity contribution in [3.05, 3.63) is 35.6 Å². The maximum atomic E-state index is 13.0. The minimum Gasteiger partial charge on any atom is -0.380 e. The van der Waals surface area contributed by atoms with Gasteiger partial charge in [-0.1, -0.05) is 12.1 Å². The number of likely N-dealkylation sites (tertiary alicyclic amines) is 1. The van der Waals surface area contributed by atoms with Crippen LogP contribution in [-0.4, -0.2) is 47.4 Å². The van der Waals surface area contributed by atoms with E-state index in [0.717, 1.165) is 5.56 Å². The van der Waals surface area contributed by atoms with E-state index in [0.29, 0.717) is 6.42 Å². The van der Waals surface area contributed by atoms with Crippen molar-refractivity contribution in [2.45, 2.75) is 31.0 Å². The van der Waals surface area contributed by atoms with E-state index in [9.17, 15) is 27.5 Å². The van der Waals surface area contributed by atoms with Gasteiger partial charge in [-0.25, -0.2) is 9.18 Å². The van der Waals surface area contributed by atoms with Gasteiger partial charge in [0.15, 0.2) is 5.60 Å². The Morgan fingerprint density at radius 3 is 2.52 bits per heavy atom. The molecular formula is C15H18F4N2O2. The third-order valence-electron chi connectivity index (χ3n) is 3.98. The molecule has 1 aromatic carbocycles. The molecule has 0 aromatic heterocycles. The molecule has 0 radical (unpaired) electrons. The molecule has 1 saturated heterocycles. The number of alkyl halides is 3. The lowest BCUT2D eigenvalue weighted by atomic mass is 9.91. The second-order valence-corrected chi connectivity index (χ2v) is 5.63. The second kappa shape index (κ2) is 6.74. The number of nitrogens with zero attached hydrogens (tertiary/aromatic N) is 1. The lowest BCUT2D eigenvalue weighted by molar-refractivity contribution is -0.271. The highest BCUT2D eigenvalue weighted by atomic mass is 19.4. The van der Waals surface area contributed by atoms with Crippen molar-refractivity contribution in [1.82, 2.24) is 10.2 Å². The first-order valence-electron chi connectivity index (χ1n) is 7.28. The summed E-state index contributed by atoms with van der Waals surface area (Å²) in [4.78, 5) is 13.1. The number of hydrogen-bond donors (Lipinski definition) is 2. The van der Waals surface area contributed by atoms with E-state index in [1.54, 1.807) is 12.1 Å². The molecule has 1 aliphatic heterocycles. The second-order valence-electron chi connectivity index (χ2n) is 5.63. The molecule has 23 heavy (non-hydrogen) atoms. The lowest BCUT2D eigenvalue weighted by Gasteiger charge is -2.39. The molecule has 0 bridgehead atoms. The number of benzene rings is 1. The summed E-state index contributed by atoms with van der Waals surface area (Å²) < 4.78 is 51.0. The van der Waals surface area contributed by atoms with Crippen molar-refractivity contribution in [2.24, 2.45) is 0 Å². The molecule has 1 aromatic rings. The van der Waals surface area contributed by atoms with Gasteiger partial charge in [-0.15, -0.1) is 0 Å². The van der Waals surface area contributed by atoms with Crippen LogP contribution in [-0.2, 0) is 6.42 Å². The Labute approximate surface area is 131 Å². The highest BCUT2D eigenvalue weighted by Crippen LogP contribution is 2.38. The van der Waals surface area contributed by atoms with E-state index >= 15 is 0 Å². The molecule has 0 saturated carbocycles. The Hall–Kier alpha value is -1.83. The van der Waals surface area contributed by atoms with Gasteiger partial charge in [0.1, 0.15) is 5.82 Å². The van der Waals surface area contributed by atoms with Gasteiger partial charge in [-0.2, -0.15) is 13.2 Å². The maximum absolute atomic E-state index is 13.0. The number of halogens is 4. The van der Waals surface area contributed by atoms with Gasteiger partial charge in [0, 0.05) is 32.5 Å². The van der Waals surface area contributed by atoms with E-state index in [4.69, 9.17) is 0 Å². The summed E-state index contributed by atoms with van der Waals surface area (Å²) in [5.74, 6) is -0.365. The highest BCUT2D eigenvalue weighted by molar-refractivity contribution is 5.74. The van der Waals surface area contributed by atoms with Crippen molar-refractivity contribution < 1.29 is 27.5 Å². The molecule has 2 N–H and O–H groups in total. The average Bonchev–Trinajstić information content (AvgIpc) is 2.47. The van der Waals surface area contributed by atoms with E-state index < -0.39 is 30.7 Å². The Kier molecular flexibility index (Phi) is 5.13.